The topological polar surface area (TPSA) is 49.8 Å². The SMILES string of the molecule is O=C(O)CCCN1CCC[C@@H]1COCc1ccc(Cc2ccccc2)cc1. The molecule has 1 aliphatic heterocycles. The van der Waals surface area contributed by atoms with Crippen molar-refractivity contribution in [1.29, 1.82) is 0 Å². The minimum Gasteiger partial charge on any atom is -0.481 e. The highest BCUT2D eigenvalue weighted by Gasteiger charge is 2.24. The first kappa shape index (κ1) is 19.6. The number of nitrogens with zero attached hydrogens (tertiary/aromatic N) is 1. The van der Waals surface area contributed by atoms with Gasteiger partial charge in [-0.05, 0) is 55.5 Å². The normalized spacial score (nSPS) is 17.3. The number of carbonyl (C=O) groups is 1. The summed E-state index contributed by atoms with van der Waals surface area (Å²) in [5.74, 6) is -0.710. The molecule has 0 unspecified atom stereocenters. The van der Waals surface area contributed by atoms with Gasteiger partial charge in [-0.1, -0.05) is 54.6 Å². The van der Waals surface area contributed by atoms with Crippen LogP contribution in [0.4, 0.5) is 0 Å². The van der Waals surface area contributed by atoms with Crippen LogP contribution in [-0.4, -0.2) is 41.7 Å². The third kappa shape index (κ3) is 6.49. The van der Waals surface area contributed by atoms with Crippen molar-refractivity contribution < 1.29 is 14.6 Å². The zero-order chi connectivity index (χ0) is 18.9. The first-order chi connectivity index (χ1) is 13.2. The van der Waals surface area contributed by atoms with E-state index in [9.17, 15) is 4.79 Å². The minimum atomic E-state index is -0.710. The predicted octanol–water partition coefficient (Wildman–Crippen LogP) is 4.12. The molecule has 1 heterocycles. The van der Waals surface area contributed by atoms with E-state index < -0.39 is 5.97 Å². The van der Waals surface area contributed by atoms with Gasteiger partial charge in [-0.25, -0.2) is 0 Å². The van der Waals surface area contributed by atoms with Crippen molar-refractivity contribution in [3.05, 3.63) is 71.3 Å². The van der Waals surface area contributed by atoms with E-state index in [-0.39, 0.29) is 6.42 Å². The van der Waals surface area contributed by atoms with Gasteiger partial charge in [0.15, 0.2) is 0 Å². The number of ether oxygens (including phenoxy) is 1. The standard InChI is InChI=1S/C23H29NO3/c25-23(26)9-5-15-24-14-4-8-22(24)18-27-17-21-12-10-20(11-13-21)16-19-6-2-1-3-7-19/h1-3,6-7,10-13,22H,4-5,8-9,14-18H2,(H,25,26)/t22-/m1/s1. The summed E-state index contributed by atoms with van der Waals surface area (Å²) in [6.45, 7) is 3.26. The molecule has 1 atom stereocenters. The van der Waals surface area contributed by atoms with Gasteiger partial charge in [0.2, 0.25) is 0 Å². The van der Waals surface area contributed by atoms with E-state index in [0.29, 0.717) is 19.1 Å². The number of hydrogen-bond acceptors (Lipinski definition) is 3. The lowest BCUT2D eigenvalue weighted by Gasteiger charge is -2.24. The lowest BCUT2D eigenvalue weighted by atomic mass is 10.0. The van der Waals surface area contributed by atoms with Gasteiger partial charge >= 0.3 is 5.97 Å². The second kappa shape index (κ2) is 10.2. The van der Waals surface area contributed by atoms with Crippen LogP contribution in [0, 0.1) is 0 Å². The Labute approximate surface area is 161 Å². The Kier molecular flexibility index (Phi) is 7.43. The van der Waals surface area contributed by atoms with Gasteiger partial charge in [0.1, 0.15) is 0 Å². The van der Waals surface area contributed by atoms with Crippen LogP contribution < -0.4 is 0 Å². The molecule has 4 nitrogen and oxygen atoms in total. The third-order valence-corrected chi connectivity index (χ3v) is 5.19. The first-order valence-electron chi connectivity index (χ1n) is 9.86. The monoisotopic (exact) mass is 367 g/mol. The zero-order valence-electron chi connectivity index (χ0n) is 15.8. The molecule has 1 fully saturated rings. The number of rotatable bonds is 10. The number of hydrogen-bond donors (Lipinski definition) is 1. The number of carboxylic acids is 1. The fraction of sp³-hybridized carbons (Fsp3) is 0.435. The highest BCUT2D eigenvalue weighted by Crippen LogP contribution is 2.19. The average molecular weight is 367 g/mol. The van der Waals surface area contributed by atoms with Crippen molar-refractivity contribution in [3.63, 3.8) is 0 Å². The molecule has 0 aliphatic carbocycles. The van der Waals surface area contributed by atoms with E-state index in [4.69, 9.17) is 9.84 Å². The Morgan fingerprint density at radius 1 is 1.04 bits per heavy atom. The van der Waals surface area contributed by atoms with Crippen LogP contribution in [-0.2, 0) is 22.6 Å². The van der Waals surface area contributed by atoms with Crippen LogP contribution in [0.2, 0.25) is 0 Å². The molecule has 0 radical (unpaired) electrons. The summed E-state index contributed by atoms with van der Waals surface area (Å²) in [5, 5.41) is 8.78. The molecule has 0 spiro atoms. The number of carboxylic acid groups (broad SMARTS) is 1. The van der Waals surface area contributed by atoms with E-state index in [1.807, 2.05) is 6.07 Å². The third-order valence-electron chi connectivity index (χ3n) is 5.19. The van der Waals surface area contributed by atoms with Gasteiger partial charge in [-0.2, -0.15) is 0 Å². The van der Waals surface area contributed by atoms with Crippen molar-refractivity contribution >= 4 is 5.97 Å². The largest absolute Gasteiger partial charge is 0.481 e. The van der Waals surface area contributed by atoms with E-state index in [2.05, 4.69) is 53.4 Å². The summed E-state index contributed by atoms with van der Waals surface area (Å²) in [4.78, 5) is 13.0. The molecule has 144 valence electrons. The summed E-state index contributed by atoms with van der Waals surface area (Å²) >= 11 is 0. The Balaban J connectivity index is 1.40. The quantitative estimate of drug-likeness (QED) is 0.686. The number of benzene rings is 2. The van der Waals surface area contributed by atoms with Crippen LogP contribution in [0.15, 0.2) is 54.6 Å². The highest BCUT2D eigenvalue weighted by molar-refractivity contribution is 5.66. The van der Waals surface area contributed by atoms with E-state index in [0.717, 1.165) is 32.5 Å². The molecule has 1 aliphatic rings. The maximum atomic E-state index is 10.7. The predicted molar refractivity (Wildman–Crippen MR) is 107 cm³/mol. The molecule has 1 N–H and O–H groups in total. The van der Waals surface area contributed by atoms with Crippen molar-refractivity contribution in [3.8, 4) is 0 Å². The molecule has 27 heavy (non-hydrogen) atoms. The van der Waals surface area contributed by atoms with Crippen LogP contribution in [0.1, 0.15) is 42.4 Å². The molecule has 2 aromatic rings. The van der Waals surface area contributed by atoms with Gasteiger partial charge in [0.05, 0.1) is 13.2 Å². The summed E-state index contributed by atoms with van der Waals surface area (Å²) in [5.41, 5.74) is 3.83. The summed E-state index contributed by atoms with van der Waals surface area (Å²) in [7, 11) is 0. The number of aliphatic carboxylic acids is 1. The molecule has 0 amide bonds. The lowest BCUT2D eigenvalue weighted by molar-refractivity contribution is -0.137. The lowest BCUT2D eigenvalue weighted by Crippen LogP contribution is -2.34. The second-order valence-electron chi connectivity index (χ2n) is 7.32. The summed E-state index contributed by atoms with van der Waals surface area (Å²) < 4.78 is 5.96. The molecule has 2 aromatic carbocycles. The van der Waals surface area contributed by atoms with Crippen molar-refractivity contribution in [2.24, 2.45) is 0 Å². The summed E-state index contributed by atoms with van der Waals surface area (Å²) in [6, 6.07) is 19.6. The molecule has 0 aromatic heterocycles. The maximum absolute atomic E-state index is 10.7. The molecule has 3 rings (SSSR count). The van der Waals surface area contributed by atoms with E-state index in [1.54, 1.807) is 0 Å². The number of likely N-dealkylation sites (tertiary alicyclic amines) is 1. The molecule has 0 bridgehead atoms. The van der Waals surface area contributed by atoms with Crippen LogP contribution >= 0.6 is 0 Å². The van der Waals surface area contributed by atoms with Gasteiger partial charge in [-0.3, -0.25) is 9.69 Å². The second-order valence-corrected chi connectivity index (χ2v) is 7.32. The van der Waals surface area contributed by atoms with Gasteiger partial charge in [-0.15, -0.1) is 0 Å². The Morgan fingerprint density at radius 2 is 1.74 bits per heavy atom. The van der Waals surface area contributed by atoms with Gasteiger partial charge < -0.3 is 9.84 Å². The van der Waals surface area contributed by atoms with Gasteiger partial charge in [0, 0.05) is 12.5 Å². The average Bonchev–Trinajstić information content (AvgIpc) is 3.11. The fourth-order valence-corrected chi connectivity index (χ4v) is 3.71. The van der Waals surface area contributed by atoms with Crippen molar-refractivity contribution in [2.75, 3.05) is 19.7 Å². The molecular weight excluding hydrogens is 338 g/mol. The fourth-order valence-electron chi connectivity index (χ4n) is 3.71. The molecular formula is C23H29NO3. The van der Waals surface area contributed by atoms with Crippen LogP contribution in [0.25, 0.3) is 0 Å². The Hall–Kier alpha value is -2.17. The van der Waals surface area contributed by atoms with Crippen LogP contribution in [0.3, 0.4) is 0 Å². The van der Waals surface area contributed by atoms with Gasteiger partial charge in [0.25, 0.3) is 0 Å². The van der Waals surface area contributed by atoms with Crippen LogP contribution in [0.5, 0.6) is 0 Å². The highest BCUT2D eigenvalue weighted by atomic mass is 16.5. The molecule has 0 saturated carbocycles. The zero-order valence-corrected chi connectivity index (χ0v) is 15.8. The van der Waals surface area contributed by atoms with Crippen molar-refractivity contribution in [2.45, 2.75) is 44.8 Å². The van der Waals surface area contributed by atoms with E-state index in [1.165, 1.54) is 23.1 Å². The maximum Gasteiger partial charge on any atom is 0.303 e. The molecule has 1 saturated heterocycles. The summed E-state index contributed by atoms with van der Waals surface area (Å²) in [6.07, 6.45) is 4.24. The first-order valence-corrected chi connectivity index (χ1v) is 9.86. The Bertz CT molecular complexity index is 699. The molecule has 4 heteroatoms. The Morgan fingerprint density at radius 3 is 2.48 bits per heavy atom. The van der Waals surface area contributed by atoms with Crippen molar-refractivity contribution in [1.82, 2.24) is 4.90 Å². The van der Waals surface area contributed by atoms with E-state index >= 15 is 0 Å². The minimum absolute atomic E-state index is 0.249. The smallest absolute Gasteiger partial charge is 0.303 e.